The second-order valence-electron chi connectivity index (χ2n) is 5.92. The van der Waals surface area contributed by atoms with Crippen molar-refractivity contribution < 1.29 is 19.4 Å². The van der Waals surface area contributed by atoms with Gasteiger partial charge in [-0.25, -0.2) is 0 Å². The Bertz CT molecular complexity index is 513. The SMILES string of the molecule is CCCNC(=O)COc1ccc2c(c1)OC(C)(C)CC2O. The number of hydrogen-bond donors (Lipinski definition) is 2. The van der Waals surface area contributed by atoms with Crippen LogP contribution in [0.3, 0.4) is 0 Å². The first-order chi connectivity index (χ1) is 9.91. The summed E-state index contributed by atoms with van der Waals surface area (Å²) in [5.74, 6) is 1.03. The average molecular weight is 293 g/mol. The van der Waals surface area contributed by atoms with Crippen LogP contribution in [-0.2, 0) is 4.79 Å². The van der Waals surface area contributed by atoms with E-state index in [9.17, 15) is 9.90 Å². The van der Waals surface area contributed by atoms with E-state index in [0.29, 0.717) is 24.5 Å². The first-order valence-electron chi connectivity index (χ1n) is 7.32. The summed E-state index contributed by atoms with van der Waals surface area (Å²) in [6.07, 6.45) is 0.913. The van der Waals surface area contributed by atoms with Crippen LogP contribution in [0.1, 0.15) is 45.3 Å². The Hall–Kier alpha value is -1.75. The Balaban J connectivity index is 2.02. The number of ether oxygens (including phenoxy) is 2. The van der Waals surface area contributed by atoms with E-state index in [0.717, 1.165) is 12.0 Å². The highest BCUT2D eigenvalue weighted by Crippen LogP contribution is 2.40. The van der Waals surface area contributed by atoms with Crippen molar-refractivity contribution in [3.63, 3.8) is 0 Å². The molecule has 116 valence electrons. The van der Waals surface area contributed by atoms with E-state index in [4.69, 9.17) is 9.47 Å². The van der Waals surface area contributed by atoms with Gasteiger partial charge in [-0.05, 0) is 32.4 Å². The molecule has 5 nitrogen and oxygen atoms in total. The van der Waals surface area contributed by atoms with E-state index in [1.54, 1.807) is 18.2 Å². The van der Waals surface area contributed by atoms with E-state index < -0.39 is 11.7 Å². The Morgan fingerprint density at radius 1 is 1.52 bits per heavy atom. The van der Waals surface area contributed by atoms with Gasteiger partial charge >= 0.3 is 0 Å². The van der Waals surface area contributed by atoms with Crippen LogP contribution in [0.2, 0.25) is 0 Å². The lowest BCUT2D eigenvalue weighted by molar-refractivity contribution is -0.123. The first kappa shape index (κ1) is 15.6. The van der Waals surface area contributed by atoms with Crippen molar-refractivity contribution in [2.45, 2.75) is 45.3 Å². The predicted molar refractivity (Wildman–Crippen MR) is 79.5 cm³/mol. The van der Waals surface area contributed by atoms with Gasteiger partial charge in [0.25, 0.3) is 5.91 Å². The molecule has 1 heterocycles. The smallest absolute Gasteiger partial charge is 0.257 e. The summed E-state index contributed by atoms with van der Waals surface area (Å²) in [5, 5.41) is 12.9. The van der Waals surface area contributed by atoms with Gasteiger partial charge in [0.05, 0.1) is 6.10 Å². The third-order valence-electron chi connectivity index (χ3n) is 3.36. The molecule has 1 aromatic carbocycles. The zero-order valence-corrected chi connectivity index (χ0v) is 12.8. The predicted octanol–water partition coefficient (Wildman–Crippen LogP) is 2.19. The zero-order chi connectivity index (χ0) is 15.5. The zero-order valence-electron chi connectivity index (χ0n) is 12.8. The van der Waals surface area contributed by atoms with Gasteiger partial charge in [0.15, 0.2) is 6.61 Å². The Labute approximate surface area is 125 Å². The van der Waals surface area contributed by atoms with Crippen molar-refractivity contribution in [2.24, 2.45) is 0 Å². The van der Waals surface area contributed by atoms with Crippen molar-refractivity contribution in [1.29, 1.82) is 0 Å². The van der Waals surface area contributed by atoms with Crippen molar-refractivity contribution in [3.05, 3.63) is 23.8 Å². The number of carbonyl (C=O) groups is 1. The highest BCUT2D eigenvalue weighted by atomic mass is 16.5. The average Bonchev–Trinajstić information content (AvgIpc) is 2.41. The third kappa shape index (κ3) is 4.11. The quantitative estimate of drug-likeness (QED) is 0.873. The lowest BCUT2D eigenvalue weighted by Crippen LogP contribution is -2.34. The molecule has 0 bridgehead atoms. The van der Waals surface area contributed by atoms with E-state index >= 15 is 0 Å². The second kappa shape index (κ2) is 6.35. The Kier molecular flexibility index (Phi) is 4.73. The van der Waals surface area contributed by atoms with E-state index in [-0.39, 0.29) is 12.5 Å². The summed E-state index contributed by atoms with van der Waals surface area (Å²) in [5.41, 5.74) is 0.348. The lowest BCUT2D eigenvalue weighted by atomic mass is 9.92. The molecule has 2 rings (SSSR count). The fraction of sp³-hybridized carbons (Fsp3) is 0.562. The molecule has 21 heavy (non-hydrogen) atoms. The topological polar surface area (TPSA) is 67.8 Å². The summed E-state index contributed by atoms with van der Waals surface area (Å²) < 4.78 is 11.3. The van der Waals surface area contributed by atoms with Gasteiger partial charge in [-0.15, -0.1) is 0 Å². The summed E-state index contributed by atoms with van der Waals surface area (Å²) >= 11 is 0. The van der Waals surface area contributed by atoms with Crippen LogP contribution >= 0.6 is 0 Å². The van der Waals surface area contributed by atoms with Gasteiger partial charge in [0.2, 0.25) is 0 Å². The fourth-order valence-corrected chi connectivity index (χ4v) is 2.35. The van der Waals surface area contributed by atoms with Crippen molar-refractivity contribution >= 4 is 5.91 Å². The van der Waals surface area contributed by atoms with Crippen LogP contribution in [0.4, 0.5) is 0 Å². The summed E-state index contributed by atoms with van der Waals surface area (Å²) in [4.78, 5) is 11.5. The molecular weight excluding hydrogens is 270 g/mol. The molecule has 0 spiro atoms. The molecule has 0 saturated carbocycles. The number of carbonyl (C=O) groups excluding carboxylic acids is 1. The number of fused-ring (bicyclic) bond motifs is 1. The Morgan fingerprint density at radius 3 is 3.00 bits per heavy atom. The van der Waals surface area contributed by atoms with Gasteiger partial charge in [-0.1, -0.05) is 6.92 Å². The minimum absolute atomic E-state index is 0.0231. The molecule has 1 aromatic rings. The molecule has 0 aromatic heterocycles. The van der Waals surface area contributed by atoms with Crippen molar-refractivity contribution in [3.8, 4) is 11.5 Å². The third-order valence-corrected chi connectivity index (χ3v) is 3.36. The van der Waals surface area contributed by atoms with Gasteiger partial charge in [0.1, 0.15) is 17.1 Å². The van der Waals surface area contributed by atoms with Crippen molar-refractivity contribution in [1.82, 2.24) is 5.32 Å². The summed E-state index contributed by atoms with van der Waals surface area (Å²) in [7, 11) is 0. The number of aliphatic hydroxyl groups excluding tert-OH is 1. The van der Waals surface area contributed by atoms with Crippen LogP contribution in [0, 0.1) is 0 Å². The van der Waals surface area contributed by atoms with E-state index in [1.807, 2.05) is 20.8 Å². The molecule has 1 unspecified atom stereocenters. The minimum Gasteiger partial charge on any atom is -0.487 e. The van der Waals surface area contributed by atoms with E-state index in [1.165, 1.54) is 0 Å². The number of aliphatic hydroxyl groups is 1. The molecular formula is C16H23NO4. The highest BCUT2D eigenvalue weighted by molar-refractivity contribution is 5.77. The normalized spacial score (nSPS) is 19.3. The Morgan fingerprint density at radius 2 is 2.29 bits per heavy atom. The minimum atomic E-state index is -0.536. The lowest BCUT2D eigenvalue weighted by Gasteiger charge is -2.35. The first-order valence-corrected chi connectivity index (χ1v) is 7.32. The molecule has 0 aliphatic carbocycles. The molecule has 1 atom stereocenters. The second-order valence-corrected chi connectivity index (χ2v) is 5.92. The molecule has 1 amide bonds. The van der Waals surface area contributed by atoms with Crippen LogP contribution in [0.25, 0.3) is 0 Å². The largest absolute Gasteiger partial charge is 0.487 e. The van der Waals surface area contributed by atoms with Crippen LogP contribution in [0.15, 0.2) is 18.2 Å². The maximum absolute atomic E-state index is 11.5. The van der Waals surface area contributed by atoms with Crippen LogP contribution in [-0.4, -0.2) is 29.8 Å². The number of hydrogen-bond acceptors (Lipinski definition) is 4. The van der Waals surface area contributed by atoms with Gasteiger partial charge in [-0.3, -0.25) is 4.79 Å². The molecule has 0 fully saturated rings. The molecule has 0 radical (unpaired) electrons. The maximum Gasteiger partial charge on any atom is 0.257 e. The molecule has 2 N–H and O–H groups in total. The van der Waals surface area contributed by atoms with Crippen LogP contribution in [0.5, 0.6) is 11.5 Å². The molecule has 1 aliphatic heterocycles. The molecule has 0 saturated heterocycles. The molecule has 5 heteroatoms. The monoisotopic (exact) mass is 293 g/mol. The van der Waals surface area contributed by atoms with Gasteiger partial charge in [-0.2, -0.15) is 0 Å². The number of rotatable bonds is 5. The summed E-state index contributed by atoms with van der Waals surface area (Å²) in [6.45, 7) is 6.49. The van der Waals surface area contributed by atoms with Gasteiger partial charge < -0.3 is 19.9 Å². The summed E-state index contributed by atoms with van der Waals surface area (Å²) in [6, 6.07) is 5.26. The standard InChI is InChI=1S/C16H23NO4/c1-4-7-17-15(19)10-20-11-5-6-12-13(18)9-16(2,3)21-14(12)8-11/h5-6,8,13,18H,4,7,9-10H2,1-3H3,(H,17,19). The number of benzene rings is 1. The van der Waals surface area contributed by atoms with Crippen molar-refractivity contribution in [2.75, 3.05) is 13.2 Å². The number of nitrogens with one attached hydrogen (secondary N) is 1. The fourth-order valence-electron chi connectivity index (χ4n) is 2.35. The molecule has 1 aliphatic rings. The van der Waals surface area contributed by atoms with E-state index in [2.05, 4.69) is 5.32 Å². The van der Waals surface area contributed by atoms with Gasteiger partial charge in [0, 0.05) is 24.6 Å². The van der Waals surface area contributed by atoms with Crippen LogP contribution < -0.4 is 14.8 Å². The number of amides is 1. The maximum atomic E-state index is 11.5. The highest BCUT2D eigenvalue weighted by Gasteiger charge is 2.32.